The Morgan fingerprint density at radius 2 is 1.39 bits per heavy atom. The van der Waals surface area contributed by atoms with Gasteiger partial charge in [-0.2, -0.15) is 26.3 Å². The standard InChI is InChI=1S/C16H15F3N2O5S2/c17-16(18,19)28(25,26)21-15(22)14(11-12-7-3-1-4-8-12)20-27(23,24)13-9-5-2-6-10-13/h1-10,14,20H,11H2,(H,21,22)/t14-/m1/s1. The van der Waals surface area contributed by atoms with E-state index >= 15 is 0 Å². The quantitative estimate of drug-likeness (QED) is 0.684. The number of sulfonamides is 2. The Kier molecular flexibility index (Phi) is 6.47. The van der Waals surface area contributed by atoms with Gasteiger partial charge in [-0.3, -0.25) is 4.79 Å². The van der Waals surface area contributed by atoms with Crippen LogP contribution in [0.3, 0.4) is 0 Å². The summed E-state index contributed by atoms with van der Waals surface area (Å²) in [4.78, 5) is 12.0. The number of carbonyl (C=O) groups excluding carboxylic acids is 1. The molecule has 2 aromatic carbocycles. The molecule has 7 nitrogen and oxygen atoms in total. The van der Waals surface area contributed by atoms with E-state index in [9.17, 15) is 34.8 Å². The molecule has 0 bridgehead atoms. The number of hydrogen-bond donors (Lipinski definition) is 2. The molecule has 2 N–H and O–H groups in total. The predicted octanol–water partition coefficient (Wildman–Crippen LogP) is 1.54. The van der Waals surface area contributed by atoms with Crippen molar-refractivity contribution >= 4 is 26.0 Å². The summed E-state index contributed by atoms with van der Waals surface area (Å²) in [6, 6.07) is 12.8. The first-order valence-corrected chi connectivity index (χ1v) is 10.6. The molecule has 0 saturated heterocycles. The zero-order valence-corrected chi connectivity index (χ0v) is 15.7. The molecule has 0 radical (unpaired) electrons. The van der Waals surface area contributed by atoms with Gasteiger partial charge in [0.05, 0.1) is 4.90 Å². The molecule has 28 heavy (non-hydrogen) atoms. The highest BCUT2D eigenvalue weighted by Crippen LogP contribution is 2.22. The Labute approximate surface area is 159 Å². The molecule has 12 heteroatoms. The Morgan fingerprint density at radius 1 is 0.893 bits per heavy atom. The molecule has 2 rings (SSSR count). The van der Waals surface area contributed by atoms with Gasteiger partial charge in [0.2, 0.25) is 10.0 Å². The van der Waals surface area contributed by atoms with E-state index in [2.05, 4.69) is 0 Å². The molecule has 0 aliphatic heterocycles. The molecule has 0 aliphatic rings. The highest BCUT2D eigenvalue weighted by molar-refractivity contribution is 7.91. The molecule has 152 valence electrons. The van der Waals surface area contributed by atoms with Crippen LogP contribution in [0.1, 0.15) is 5.56 Å². The fourth-order valence-corrected chi connectivity index (χ4v) is 3.89. The maximum atomic E-state index is 12.5. The number of alkyl halides is 3. The molecule has 1 amide bonds. The van der Waals surface area contributed by atoms with Crippen molar-refractivity contribution in [3.63, 3.8) is 0 Å². The fourth-order valence-electron chi connectivity index (χ4n) is 2.15. The molecule has 0 aromatic heterocycles. The number of carbonyl (C=O) groups is 1. The van der Waals surface area contributed by atoms with Gasteiger partial charge in [0.15, 0.2) is 0 Å². The number of rotatable bonds is 7. The third-order valence-electron chi connectivity index (χ3n) is 3.49. The van der Waals surface area contributed by atoms with Crippen LogP contribution in [0, 0.1) is 0 Å². The van der Waals surface area contributed by atoms with E-state index in [1.807, 2.05) is 4.72 Å². The van der Waals surface area contributed by atoms with Crippen LogP contribution in [0.25, 0.3) is 0 Å². The second kappa shape index (κ2) is 8.29. The van der Waals surface area contributed by atoms with Gasteiger partial charge in [-0.05, 0) is 24.1 Å². The summed E-state index contributed by atoms with van der Waals surface area (Å²) < 4.78 is 87.8. The van der Waals surface area contributed by atoms with Gasteiger partial charge in [0.1, 0.15) is 6.04 Å². The van der Waals surface area contributed by atoms with Crippen LogP contribution in [-0.4, -0.2) is 34.3 Å². The van der Waals surface area contributed by atoms with E-state index in [0.717, 1.165) is 4.72 Å². The lowest BCUT2D eigenvalue weighted by atomic mass is 10.1. The Morgan fingerprint density at radius 3 is 1.89 bits per heavy atom. The predicted molar refractivity (Wildman–Crippen MR) is 93.8 cm³/mol. The van der Waals surface area contributed by atoms with Crippen molar-refractivity contribution in [1.82, 2.24) is 9.44 Å². The third kappa shape index (κ3) is 5.53. The van der Waals surface area contributed by atoms with Crippen LogP contribution in [0.5, 0.6) is 0 Å². The number of nitrogens with one attached hydrogen (secondary N) is 2. The SMILES string of the molecule is O=C(NS(=O)(=O)C(F)(F)F)[C@@H](Cc1ccccc1)NS(=O)(=O)c1ccccc1. The zero-order valence-electron chi connectivity index (χ0n) is 14.0. The lowest BCUT2D eigenvalue weighted by Gasteiger charge is -2.19. The molecule has 0 unspecified atom stereocenters. The number of halogens is 3. The third-order valence-corrected chi connectivity index (χ3v) is 6.06. The van der Waals surface area contributed by atoms with E-state index in [1.54, 1.807) is 24.3 Å². The second-order valence-electron chi connectivity index (χ2n) is 5.59. The normalized spacial score (nSPS) is 13.7. The summed E-state index contributed by atoms with van der Waals surface area (Å²) in [5, 5.41) is 0. The minimum atomic E-state index is -5.99. The Balaban J connectivity index is 2.33. The van der Waals surface area contributed by atoms with Gasteiger partial charge in [-0.1, -0.05) is 48.5 Å². The lowest BCUT2D eigenvalue weighted by molar-refractivity contribution is -0.121. The van der Waals surface area contributed by atoms with E-state index in [4.69, 9.17) is 0 Å². The largest absolute Gasteiger partial charge is 0.516 e. The molecular formula is C16H15F3N2O5S2. The fraction of sp³-hybridized carbons (Fsp3) is 0.188. The molecule has 0 aliphatic carbocycles. The minimum absolute atomic E-state index is 0.237. The molecular weight excluding hydrogens is 421 g/mol. The van der Waals surface area contributed by atoms with Crippen LogP contribution < -0.4 is 9.44 Å². The van der Waals surface area contributed by atoms with Crippen LogP contribution in [0.2, 0.25) is 0 Å². The topological polar surface area (TPSA) is 109 Å². The number of benzene rings is 2. The highest BCUT2D eigenvalue weighted by atomic mass is 32.2. The van der Waals surface area contributed by atoms with E-state index in [-0.39, 0.29) is 11.3 Å². The van der Waals surface area contributed by atoms with Gasteiger partial charge in [-0.15, -0.1) is 0 Å². The first-order chi connectivity index (χ1) is 12.9. The van der Waals surface area contributed by atoms with Crippen LogP contribution >= 0.6 is 0 Å². The average molecular weight is 436 g/mol. The smallest absolute Gasteiger partial charge is 0.272 e. The molecule has 1 atom stereocenters. The van der Waals surface area contributed by atoms with Gasteiger partial charge in [0, 0.05) is 0 Å². The zero-order chi connectivity index (χ0) is 21.0. The molecule has 0 spiro atoms. The second-order valence-corrected chi connectivity index (χ2v) is 8.98. The summed E-state index contributed by atoms with van der Waals surface area (Å²) in [6.45, 7) is 0. The van der Waals surface area contributed by atoms with Gasteiger partial charge in [-0.25, -0.2) is 13.1 Å². The Hall–Kier alpha value is -2.44. The maximum absolute atomic E-state index is 12.5. The van der Waals surface area contributed by atoms with Gasteiger partial charge in [0.25, 0.3) is 5.91 Å². The number of amides is 1. The average Bonchev–Trinajstić information content (AvgIpc) is 2.61. The Bertz CT molecular complexity index is 1020. The van der Waals surface area contributed by atoms with Crippen molar-refractivity contribution < 1.29 is 34.8 Å². The first-order valence-electron chi connectivity index (χ1n) is 7.66. The molecule has 0 saturated carbocycles. The summed E-state index contributed by atoms with van der Waals surface area (Å²) in [6.07, 6.45) is -0.369. The molecule has 2 aromatic rings. The summed E-state index contributed by atoms with van der Waals surface area (Å²) >= 11 is 0. The van der Waals surface area contributed by atoms with Gasteiger partial charge >= 0.3 is 15.5 Å². The van der Waals surface area contributed by atoms with Crippen LogP contribution in [0.4, 0.5) is 13.2 Å². The number of hydrogen-bond acceptors (Lipinski definition) is 5. The van der Waals surface area contributed by atoms with Crippen molar-refractivity contribution in [3.8, 4) is 0 Å². The van der Waals surface area contributed by atoms with Crippen LogP contribution in [-0.2, 0) is 31.3 Å². The molecule has 0 heterocycles. The van der Waals surface area contributed by atoms with Crippen molar-refractivity contribution in [3.05, 3.63) is 66.2 Å². The van der Waals surface area contributed by atoms with Gasteiger partial charge < -0.3 is 0 Å². The van der Waals surface area contributed by atoms with Crippen molar-refractivity contribution in [2.75, 3.05) is 0 Å². The van der Waals surface area contributed by atoms with Crippen molar-refractivity contribution in [2.24, 2.45) is 0 Å². The summed E-state index contributed by atoms with van der Waals surface area (Å²) in [7, 11) is -10.3. The van der Waals surface area contributed by atoms with Crippen molar-refractivity contribution in [1.29, 1.82) is 0 Å². The lowest BCUT2D eigenvalue weighted by Crippen LogP contribution is -2.51. The van der Waals surface area contributed by atoms with Crippen LogP contribution in [0.15, 0.2) is 65.6 Å². The highest BCUT2D eigenvalue weighted by Gasteiger charge is 2.47. The molecule has 0 fully saturated rings. The van der Waals surface area contributed by atoms with E-state index in [1.165, 1.54) is 36.4 Å². The monoisotopic (exact) mass is 436 g/mol. The summed E-state index contributed by atoms with van der Waals surface area (Å²) in [5.74, 6) is -1.65. The first kappa shape index (κ1) is 21.9. The maximum Gasteiger partial charge on any atom is 0.516 e. The van der Waals surface area contributed by atoms with E-state index < -0.39 is 37.5 Å². The summed E-state index contributed by atoms with van der Waals surface area (Å²) in [5.41, 5.74) is -5.32. The van der Waals surface area contributed by atoms with Crippen molar-refractivity contribution in [2.45, 2.75) is 22.9 Å². The van der Waals surface area contributed by atoms with E-state index in [0.29, 0.717) is 5.56 Å². The minimum Gasteiger partial charge on any atom is -0.272 e.